The van der Waals surface area contributed by atoms with Gasteiger partial charge in [-0.2, -0.15) is 0 Å². The van der Waals surface area contributed by atoms with Gasteiger partial charge in [0.05, 0.1) is 18.7 Å². The predicted octanol–water partition coefficient (Wildman–Crippen LogP) is 3.57. The zero-order valence-electron chi connectivity index (χ0n) is 15.3. The van der Waals surface area contributed by atoms with Crippen LogP contribution >= 0.6 is 0 Å². The number of benzene rings is 2. The third-order valence-corrected chi connectivity index (χ3v) is 4.24. The first-order valence-electron chi connectivity index (χ1n) is 9.08. The molecule has 0 spiro atoms. The zero-order valence-corrected chi connectivity index (χ0v) is 15.3. The monoisotopic (exact) mass is 368 g/mol. The van der Waals surface area contributed by atoms with Crippen LogP contribution in [0.25, 0.3) is 11.3 Å². The molecule has 0 amide bonds. The van der Waals surface area contributed by atoms with E-state index in [0.717, 1.165) is 42.2 Å². The van der Waals surface area contributed by atoms with Crippen LogP contribution in [0, 0.1) is 5.82 Å². The minimum atomic E-state index is -0.320. The van der Waals surface area contributed by atoms with Gasteiger partial charge in [0, 0.05) is 12.0 Å². The number of esters is 1. The number of ether oxygens (including phenoxy) is 1. The zero-order chi connectivity index (χ0) is 19.1. The van der Waals surface area contributed by atoms with Crippen molar-refractivity contribution in [2.75, 3.05) is 13.2 Å². The highest BCUT2D eigenvalue weighted by Crippen LogP contribution is 2.22. The summed E-state index contributed by atoms with van der Waals surface area (Å²) in [5.74, 6) is 1.13. The molecule has 0 saturated carbocycles. The van der Waals surface area contributed by atoms with Crippen LogP contribution in [0.4, 0.5) is 4.39 Å². The number of carbonyl (C=O) groups is 1. The highest BCUT2D eigenvalue weighted by molar-refractivity contribution is 5.89. The van der Waals surface area contributed by atoms with Gasteiger partial charge < -0.3 is 14.5 Å². The Kier molecular flexibility index (Phi) is 6.39. The smallest absolute Gasteiger partial charge is 0.338 e. The Morgan fingerprint density at radius 1 is 1.04 bits per heavy atom. The number of quaternary nitrogens is 1. The van der Waals surface area contributed by atoms with Crippen molar-refractivity contribution in [3.63, 3.8) is 0 Å². The van der Waals surface area contributed by atoms with Crippen LogP contribution < -0.4 is 5.32 Å². The summed E-state index contributed by atoms with van der Waals surface area (Å²) in [6.07, 6.45) is 0.878. The lowest BCUT2D eigenvalue weighted by molar-refractivity contribution is -0.671. The maximum absolute atomic E-state index is 12.9. The number of hydrogen-bond donors (Lipinski definition) is 1. The Balaban J connectivity index is 1.50. The standard InChI is InChI=1S/C22H22FNO3/c1-2-26-22(25)18-7-5-17(6-8-18)21-12-11-20(27-21)15-24-14-13-16-3-9-19(23)10-4-16/h3-12,24H,2,13-15H2,1H3/p+1. The van der Waals surface area contributed by atoms with Gasteiger partial charge >= 0.3 is 5.97 Å². The van der Waals surface area contributed by atoms with E-state index < -0.39 is 0 Å². The lowest BCUT2D eigenvalue weighted by Gasteiger charge is -2.03. The number of nitrogens with two attached hydrogens (primary N) is 1. The van der Waals surface area contributed by atoms with E-state index >= 15 is 0 Å². The average molecular weight is 368 g/mol. The normalized spacial score (nSPS) is 10.7. The largest absolute Gasteiger partial charge is 0.462 e. The highest BCUT2D eigenvalue weighted by atomic mass is 19.1. The molecule has 0 unspecified atom stereocenters. The molecule has 1 heterocycles. The highest BCUT2D eigenvalue weighted by Gasteiger charge is 2.09. The van der Waals surface area contributed by atoms with Crippen molar-refractivity contribution < 1.29 is 23.7 Å². The summed E-state index contributed by atoms with van der Waals surface area (Å²) >= 11 is 0. The van der Waals surface area contributed by atoms with Gasteiger partial charge in [0.15, 0.2) is 5.76 Å². The van der Waals surface area contributed by atoms with Crippen molar-refractivity contribution in [3.8, 4) is 11.3 Å². The summed E-state index contributed by atoms with van der Waals surface area (Å²) in [5, 5.41) is 2.16. The fourth-order valence-electron chi connectivity index (χ4n) is 2.79. The number of hydrogen-bond acceptors (Lipinski definition) is 3. The van der Waals surface area contributed by atoms with Crippen molar-refractivity contribution in [1.29, 1.82) is 0 Å². The van der Waals surface area contributed by atoms with Crippen LogP contribution in [-0.2, 0) is 17.7 Å². The minimum absolute atomic E-state index is 0.207. The summed E-state index contributed by atoms with van der Waals surface area (Å²) in [4.78, 5) is 11.7. The molecular weight excluding hydrogens is 345 g/mol. The van der Waals surface area contributed by atoms with Crippen molar-refractivity contribution >= 4 is 5.97 Å². The van der Waals surface area contributed by atoms with E-state index in [-0.39, 0.29) is 11.8 Å². The third kappa shape index (κ3) is 5.28. The van der Waals surface area contributed by atoms with E-state index in [1.54, 1.807) is 19.1 Å². The van der Waals surface area contributed by atoms with Gasteiger partial charge in [-0.05, 0) is 48.9 Å². The molecule has 5 heteroatoms. The van der Waals surface area contributed by atoms with E-state index in [0.29, 0.717) is 12.2 Å². The summed E-state index contributed by atoms with van der Waals surface area (Å²) in [6.45, 7) is 3.78. The van der Waals surface area contributed by atoms with Crippen molar-refractivity contribution in [1.82, 2.24) is 0 Å². The lowest BCUT2D eigenvalue weighted by Crippen LogP contribution is -2.83. The van der Waals surface area contributed by atoms with E-state index in [1.807, 2.05) is 36.4 Å². The number of carbonyl (C=O) groups excluding carboxylic acids is 1. The topological polar surface area (TPSA) is 56.0 Å². The Morgan fingerprint density at radius 3 is 2.48 bits per heavy atom. The fraction of sp³-hybridized carbons (Fsp3) is 0.227. The van der Waals surface area contributed by atoms with Crippen LogP contribution in [0.1, 0.15) is 28.6 Å². The Bertz CT molecular complexity index is 869. The maximum Gasteiger partial charge on any atom is 0.338 e. The van der Waals surface area contributed by atoms with E-state index in [2.05, 4.69) is 5.32 Å². The molecule has 3 aromatic rings. The molecule has 1 aromatic heterocycles. The molecule has 0 aliphatic heterocycles. The quantitative estimate of drug-likeness (QED) is 0.488. The molecule has 0 aliphatic rings. The summed E-state index contributed by atoms with van der Waals surface area (Å²) in [7, 11) is 0. The summed E-state index contributed by atoms with van der Waals surface area (Å²) in [5.41, 5.74) is 2.57. The molecule has 0 aliphatic carbocycles. The van der Waals surface area contributed by atoms with Crippen molar-refractivity contribution in [2.45, 2.75) is 19.9 Å². The molecule has 2 aromatic carbocycles. The minimum Gasteiger partial charge on any atom is -0.462 e. The number of furan rings is 1. The second kappa shape index (κ2) is 9.14. The van der Waals surface area contributed by atoms with Gasteiger partial charge in [-0.3, -0.25) is 0 Å². The van der Waals surface area contributed by atoms with Crippen LogP contribution in [0.5, 0.6) is 0 Å². The van der Waals surface area contributed by atoms with Crippen LogP contribution in [0.2, 0.25) is 0 Å². The second-order valence-electron chi connectivity index (χ2n) is 6.22. The lowest BCUT2D eigenvalue weighted by atomic mass is 10.1. The third-order valence-electron chi connectivity index (χ3n) is 4.24. The molecule has 27 heavy (non-hydrogen) atoms. The Labute approximate surface area is 158 Å². The van der Waals surface area contributed by atoms with Gasteiger partial charge in [-0.15, -0.1) is 0 Å². The van der Waals surface area contributed by atoms with Crippen molar-refractivity contribution in [3.05, 3.63) is 83.4 Å². The van der Waals surface area contributed by atoms with E-state index in [1.165, 1.54) is 12.1 Å². The maximum atomic E-state index is 12.9. The molecule has 3 rings (SSSR count). The molecule has 0 atom stereocenters. The first-order chi connectivity index (χ1) is 13.2. The number of rotatable bonds is 8. The average Bonchev–Trinajstić information content (AvgIpc) is 3.16. The first kappa shape index (κ1) is 18.9. The van der Waals surface area contributed by atoms with E-state index in [4.69, 9.17) is 9.15 Å². The fourth-order valence-corrected chi connectivity index (χ4v) is 2.79. The van der Waals surface area contributed by atoms with Gasteiger partial charge in [-0.25, -0.2) is 9.18 Å². The summed E-state index contributed by atoms with van der Waals surface area (Å²) < 4.78 is 23.8. The Hall–Kier alpha value is -2.92. The van der Waals surface area contributed by atoms with Crippen LogP contribution in [0.3, 0.4) is 0 Å². The summed E-state index contributed by atoms with van der Waals surface area (Å²) in [6, 6.07) is 17.7. The van der Waals surface area contributed by atoms with Crippen LogP contribution in [0.15, 0.2) is 65.1 Å². The first-order valence-corrected chi connectivity index (χ1v) is 9.08. The molecule has 0 fully saturated rings. The Morgan fingerprint density at radius 2 is 1.78 bits per heavy atom. The van der Waals surface area contributed by atoms with Gasteiger partial charge in [-0.1, -0.05) is 24.3 Å². The van der Waals surface area contributed by atoms with Gasteiger partial charge in [0.1, 0.15) is 18.1 Å². The molecule has 0 radical (unpaired) electrons. The second-order valence-corrected chi connectivity index (χ2v) is 6.22. The number of halogens is 1. The van der Waals surface area contributed by atoms with Crippen LogP contribution in [-0.4, -0.2) is 19.1 Å². The van der Waals surface area contributed by atoms with E-state index in [9.17, 15) is 9.18 Å². The SMILES string of the molecule is CCOC(=O)c1ccc(-c2ccc(C[NH2+]CCc3ccc(F)cc3)o2)cc1. The van der Waals surface area contributed by atoms with Crippen molar-refractivity contribution in [2.24, 2.45) is 0 Å². The van der Waals surface area contributed by atoms with Gasteiger partial charge in [0.2, 0.25) is 0 Å². The van der Waals surface area contributed by atoms with Gasteiger partial charge in [0.25, 0.3) is 0 Å². The molecule has 140 valence electrons. The molecular formula is C22H23FNO3+. The molecule has 2 N–H and O–H groups in total. The molecule has 4 nitrogen and oxygen atoms in total. The predicted molar refractivity (Wildman–Crippen MR) is 101 cm³/mol. The molecule has 0 bridgehead atoms. The molecule has 0 saturated heterocycles.